The van der Waals surface area contributed by atoms with E-state index in [1.807, 2.05) is 24.3 Å². The summed E-state index contributed by atoms with van der Waals surface area (Å²) < 4.78 is 27.0. The van der Waals surface area contributed by atoms with Crippen molar-refractivity contribution >= 4 is 39.6 Å². The fourth-order valence-corrected chi connectivity index (χ4v) is 4.51. The van der Waals surface area contributed by atoms with Crippen LogP contribution in [0, 0.1) is 11.6 Å². The van der Waals surface area contributed by atoms with Crippen molar-refractivity contribution in [3.8, 4) is 0 Å². The van der Waals surface area contributed by atoms with E-state index in [2.05, 4.69) is 32.3 Å². The molecule has 0 bridgehead atoms. The van der Waals surface area contributed by atoms with Crippen LogP contribution in [0.3, 0.4) is 0 Å². The number of anilines is 2. The number of nitrogens with one attached hydrogen (secondary N) is 1. The van der Waals surface area contributed by atoms with E-state index in [4.69, 9.17) is 0 Å². The lowest BCUT2D eigenvalue weighted by Crippen LogP contribution is -2.44. The first kappa shape index (κ1) is 20.3. The number of piperidine rings is 1. The molecule has 5 rings (SSSR count). The molecule has 1 saturated heterocycles. The summed E-state index contributed by atoms with van der Waals surface area (Å²) in [5.41, 5.74) is 2.25. The molecule has 1 aromatic heterocycles. The summed E-state index contributed by atoms with van der Waals surface area (Å²) in [7, 11) is 0. The van der Waals surface area contributed by atoms with Gasteiger partial charge < -0.3 is 10.2 Å². The predicted molar refractivity (Wildman–Crippen MR) is 122 cm³/mol. The monoisotopic (exact) mass is 432 g/mol. The Balaban J connectivity index is 1.44. The molecule has 1 N–H and O–H groups in total. The number of hydrogen-bond donors (Lipinski definition) is 1. The lowest BCUT2D eigenvalue weighted by molar-refractivity contribution is 0.112. The number of nitrogens with zero attached hydrogens (tertiary/aromatic N) is 3. The van der Waals surface area contributed by atoms with Gasteiger partial charge >= 0.3 is 0 Å². The summed E-state index contributed by atoms with van der Waals surface area (Å²) in [5.74, 6) is -1.38. The SMILES string of the molecule is O=Cc1ccc2ccccc2c1N1CCCC[C@H]1CNc1cnc2cc(F)c(F)cc2n1. The van der Waals surface area contributed by atoms with Gasteiger partial charge in [-0.25, -0.2) is 13.8 Å². The topological polar surface area (TPSA) is 58.1 Å². The molecule has 0 amide bonds. The van der Waals surface area contributed by atoms with E-state index in [1.54, 1.807) is 0 Å². The number of carbonyl (C=O) groups is 1. The van der Waals surface area contributed by atoms with E-state index >= 15 is 0 Å². The molecule has 162 valence electrons. The molecule has 0 aliphatic carbocycles. The molecular formula is C25H22F2N4O. The molecule has 0 radical (unpaired) electrons. The molecule has 1 aliphatic heterocycles. The van der Waals surface area contributed by atoms with Crippen LogP contribution in [0.5, 0.6) is 0 Å². The summed E-state index contributed by atoms with van der Waals surface area (Å²) in [4.78, 5) is 22.8. The van der Waals surface area contributed by atoms with Gasteiger partial charge in [0.05, 0.1) is 22.9 Å². The number of carbonyl (C=O) groups excluding carboxylic acids is 1. The molecule has 1 atom stereocenters. The van der Waals surface area contributed by atoms with Crippen LogP contribution in [0.2, 0.25) is 0 Å². The fraction of sp³-hybridized carbons (Fsp3) is 0.240. The van der Waals surface area contributed by atoms with Crippen molar-refractivity contribution in [2.75, 3.05) is 23.3 Å². The van der Waals surface area contributed by atoms with Crippen LogP contribution in [0.15, 0.2) is 54.7 Å². The van der Waals surface area contributed by atoms with Crippen LogP contribution < -0.4 is 10.2 Å². The van der Waals surface area contributed by atoms with Crippen LogP contribution in [-0.4, -0.2) is 35.4 Å². The van der Waals surface area contributed by atoms with Crippen LogP contribution >= 0.6 is 0 Å². The maximum Gasteiger partial charge on any atom is 0.161 e. The van der Waals surface area contributed by atoms with Gasteiger partial charge in [-0.2, -0.15) is 0 Å². The minimum atomic E-state index is -0.945. The smallest absolute Gasteiger partial charge is 0.161 e. The van der Waals surface area contributed by atoms with Crippen LogP contribution in [-0.2, 0) is 0 Å². The summed E-state index contributed by atoms with van der Waals surface area (Å²) >= 11 is 0. The molecule has 3 aromatic carbocycles. The van der Waals surface area contributed by atoms with Gasteiger partial charge in [0.25, 0.3) is 0 Å². The van der Waals surface area contributed by atoms with Crippen molar-refractivity contribution in [3.05, 3.63) is 71.9 Å². The van der Waals surface area contributed by atoms with Gasteiger partial charge in [-0.1, -0.05) is 30.3 Å². The first-order chi connectivity index (χ1) is 15.6. The molecule has 32 heavy (non-hydrogen) atoms. The first-order valence-corrected chi connectivity index (χ1v) is 10.7. The minimum absolute atomic E-state index is 0.149. The number of rotatable bonds is 5. The second kappa shape index (κ2) is 8.49. The van der Waals surface area contributed by atoms with Crippen LogP contribution in [0.25, 0.3) is 21.8 Å². The highest BCUT2D eigenvalue weighted by atomic mass is 19.2. The summed E-state index contributed by atoms with van der Waals surface area (Å²) in [6.07, 6.45) is 5.57. The highest BCUT2D eigenvalue weighted by Gasteiger charge is 2.26. The Morgan fingerprint density at radius 3 is 2.72 bits per heavy atom. The standard InChI is InChI=1S/C25H22F2N4O/c26-20-11-22-23(12-21(20)27)30-24(14-28-22)29-13-18-6-3-4-10-31(18)25-17(15-32)9-8-16-5-1-2-7-19(16)25/h1-2,5,7-9,11-12,14-15,18H,3-4,6,10,13H2,(H,29,30)/t18-/m0/s1. The number of hydrogen-bond acceptors (Lipinski definition) is 5. The zero-order valence-electron chi connectivity index (χ0n) is 17.4. The second-order valence-electron chi connectivity index (χ2n) is 8.08. The molecule has 0 spiro atoms. The minimum Gasteiger partial charge on any atom is -0.367 e. The Labute approximate surface area is 184 Å². The Hall–Kier alpha value is -3.61. The average molecular weight is 432 g/mol. The second-order valence-corrected chi connectivity index (χ2v) is 8.08. The molecule has 0 unspecified atom stereocenters. The largest absolute Gasteiger partial charge is 0.367 e. The molecule has 2 heterocycles. The van der Waals surface area contributed by atoms with Gasteiger partial charge in [-0.15, -0.1) is 0 Å². The lowest BCUT2D eigenvalue weighted by Gasteiger charge is -2.39. The highest BCUT2D eigenvalue weighted by molar-refractivity contribution is 6.02. The van der Waals surface area contributed by atoms with E-state index in [1.165, 1.54) is 6.20 Å². The van der Waals surface area contributed by atoms with E-state index in [-0.39, 0.29) is 6.04 Å². The van der Waals surface area contributed by atoms with E-state index in [0.717, 1.165) is 60.7 Å². The molecular weight excluding hydrogens is 410 g/mol. The van der Waals surface area contributed by atoms with Crippen molar-refractivity contribution in [1.82, 2.24) is 9.97 Å². The van der Waals surface area contributed by atoms with E-state index in [0.29, 0.717) is 29.0 Å². The van der Waals surface area contributed by atoms with Crippen molar-refractivity contribution in [1.29, 1.82) is 0 Å². The maximum absolute atomic E-state index is 13.6. The number of benzene rings is 3. The lowest BCUT2D eigenvalue weighted by atomic mass is 9.96. The molecule has 4 aromatic rings. The number of aldehydes is 1. The summed E-state index contributed by atoms with van der Waals surface area (Å²) in [5, 5.41) is 5.47. The van der Waals surface area contributed by atoms with E-state index in [9.17, 15) is 13.6 Å². The van der Waals surface area contributed by atoms with Crippen molar-refractivity contribution in [3.63, 3.8) is 0 Å². The predicted octanol–water partition coefficient (Wildman–Crippen LogP) is 5.34. The zero-order valence-corrected chi connectivity index (χ0v) is 17.4. The van der Waals surface area contributed by atoms with Gasteiger partial charge in [0.2, 0.25) is 0 Å². The molecule has 1 fully saturated rings. The molecule has 5 nitrogen and oxygen atoms in total. The molecule has 0 saturated carbocycles. The maximum atomic E-state index is 13.6. The Morgan fingerprint density at radius 1 is 1.06 bits per heavy atom. The Morgan fingerprint density at radius 2 is 1.88 bits per heavy atom. The van der Waals surface area contributed by atoms with Gasteiger partial charge in [-0.3, -0.25) is 9.78 Å². The quantitative estimate of drug-likeness (QED) is 0.431. The molecule has 1 aliphatic rings. The van der Waals surface area contributed by atoms with Gasteiger partial charge in [-0.05, 0) is 30.7 Å². The number of halogens is 2. The third-order valence-corrected chi connectivity index (χ3v) is 6.08. The summed E-state index contributed by atoms with van der Waals surface area (Å²) in [6.45, 7) is 1.44. The van der Waals surface area contributed by atoms with Gasteiger partial charge in [0.1, 0.15) is 5.82 Å². The average Bonchev–Trinajstić information content (AvgIpc) is 2.83. The zero-order chi connectivity index (χ0) is 22.1. The third-order valence-electron chi connectivity index (χ3n) is 6.08. The first-order valence-electron chi connectivity index (χ1n) is 10.7. The van der Waals surface area contributed by atoms with Crippen molar-refractivity contribution < 1.29 is 13.6 Å². The van der Waals surface area contributed by atoms with Crippen LogP contribution in [0.4, 0.5) is 20.3 Å². The van der Waals surface area contributed by atoms with Crippen molar-refractivity contribution in [2.24, 2.45) is 0 Å². The van der Waals surface area contributed by atoms with Crippen molar-refractivity contribution in [2.45, 2.75) is 25.3 Å². The van der Waals surface area contributed by atoms with E-state index < -0.39 is 11.6 Å². The summed E-state index contributed by atoms with van der Waals surface area (Å²) in [6, 6.07) is 14.2. The van der Waals surface area contributed by atoms with Gasteiger partial charge in [0, 0.05) is 42.2 Å². The van der Waals surface area contributed by atoms with Gasteiger partial charge in [0.15, 0.2) is 17.9 Å². The number of aromatic nitrogens is 2. The normalized spacial score (nSPS) is 16.4. The Bertz CT molecular complexity index is 1310. The Kier molecular flexibility index (Phi) is 5.39. The number of fused-ring (bicyclic) bond motifs is 2. The molecule has 7 heteroatoms. The third kappa shape index (κ3) is 3.75. The fourth-order valence-electron chi connectivity index (χ4n) is 4.51. The highest BCUT2D eigenvalue weighted by Crippen LogP contribution is 2.34. The van der Waals surface area contributed by atoms with Crippen LogP contribution in [0.1, 0.15) is 29.6 Å².